The first-order valence-electron chi connectivity index (χ1n) is 13.0. The molecule has 6 rings (SSSR count). The van der Waals surface area contributed by atoms with Gasteiger partial charge in [-0.15, -0.1) is 0 Å². The molecule has 204 valence electrons. The summed E-state index contributed by atoms with van der Waals surface area (Å²) in [5, 5.41) is 7.57. The Balaban J connectivity index is 1.26. The fraction of sp³-hybridized carbons (Fsp3) is 0.0938. The lowest BCUT2D eigenvalue weighted by Gasteiger charge is -2.09. The Bertz CT molecular complexity index is 1890. The third-order valence-corrected chi connectivity index (χ3v) is 7.22. The van der Waals surface area contributed by atoms with E-state index in [4.69, 9.17) is 16.3 Å². The highest BCUT2D eigenvalue weighted by Crippen LogP contribution is 2.31. The Morgan fingerprint density at radius 3 is 2.51 bits per heavy atom. The van der Waals surface area contributed by atoms with Crippen LogP contribution in [0.15, 0.2) is 91.0 Å². The fourth-order valence-corrected chi connectivity index (χ4v) is 5.11. The second-order valence-electron chi connectivity index (χ2n) is 9.63. The average molecular weight is 564 g/mol. The minimum atomic E-state index is -0.213. The molecule has 0 aliphatic carbocycles. The highest BCUT2D eigenvalue weighted by atomic mass is 35.5. The van der Waals surface area contributed by atoms with Crippen molar-refractivity contribution in [2.24, 2.45) is 0 Å². The van der Waals surface area contributed by atoms with Gasteiger partial charge in [0.2, 0.25) is 11.9 Å². The smallest absolute Gasteiger partial charge is 0.262 e. The average Bonchev–Trinajstić information content (AvgIpc) is 3.50. The number of anilines is 3. The van der Waals surface area contributed by atoms with Crippen molar-refractivity contribution in [1.82, 2.24) is 14.5 Å². The molecule has 0 aliphatic heterocycles. The summed E-state index contributed by atoms with van der Waals surface area (Å²) in [6.07, 6.45) is 0.0671. The Labute approximate surface area is 240 Å². The molecule has 2 aromatic heterocycles. The molecule has 0 saturated carbocycles. The van der Waals surface area contributed by atoms with Crippen molar-refractivity contribution in [3.8, 4) is 5.75 Å². The van der Waals surface area contributed by atoms with E-state index in [0.717, 1.165) is 27.7 Å². The molecular formula is C32H26ClN5O3. The highest BCUT2D eigenvalue weighted by Gasteiger charge is 2.22. The van der Waals surface area contributed by atoms with Crippen LogP contribution in [0.25, 0.3) is 21.9 Å². The van der Waals surface area contributed by atoms with E-state index in [1.165, 1.54) is 0 Å². The fourth-order valence-electron chi connectivity index (χ4n) is 4.98. The zero-order chi connectivity index (χ0) is 28.5. The monoisotopic (exact) mass is 563 g/mol. The molecule has 8 nitrogen and oxygen atoms in total. The van der Waals surface area contributed by atoms with Gasteiger partial charge in [-0.25, -0.2) is 4.98 Å². The Morgan fingerprint density at radius 1 is 0.951 bits per heavy atom. The second kappa shape index (κ2) is 10.8. The van der Waals surface area contributed by atoms with Crippen molar-refractivity contribution in [3.05, 3.63) is 113 Å². The van der Waals surface area contributed by atoms with E-state index in [1.807, 2.05) is 67.6 Å². The summed E-state index contributed by atoms with van der Waals surface area (Å²) in [5.74, 6) is 0.831. The molecule has 0 radical (unpaired) electrons. The summed E-state index contributed by atoms with van der Waals surface area (Å²) in [5.41, 5.74) is 5.82. The molecule has 0 bridgehead atoms. The number of carbonyl (C=O) groups is 2. The van der Waals surface area contributed by atoms with Gasteiger partial charge in [0.05, 0.1) is 30.1 Å². The van der Waals surface area contributed by atoms with Gasteiger partial charge in [-0.3, -0.25) is 14.2 Å². The number of hydrogen-bond donors (Lipinski definition) is 3. The van der Waals surface area contributed by atoms with Gasteiger partial charge in [-0.1, -0.05) is 29.8 Å². The quantitative estimate of drug-likeness (QED) is 0.192. The molecule has 3 N–H and O–H groups in total. The summed E-state index contributed by atoms with van der Waals surface area (Å²) in [6.45, 7) is 1.85. The number of nitrogens with zero attached hydrogens (tertiary/aromatic N) is 2. The van der Waals surface area contributed by atoms with Crippen LogP contribution in [0.4, 0.5) is 17.3 Å². The number of aromatic amines is 1. The summed E-state index contributed by atoms with van der Waals surface area (Å²) >= 11 is 6.03. The van der Waals surface area contributed by atoms with Crippen molar-refractivity contribution in [2.45, 2.75) is 13.3 Å². The molecule has 0 unspecified atom stereocenters. The van der Waals surface area contributed by atoms with Gasteiger partial charge in [0.1, 0.15) is 5.75 Å². The normalized spacial score (nSPS) is 11.1. The molecule has 2 heterocycles. The van der Waals surface area contributed by atoms with Crippen LogP contribution in [0.2, 0.25) is 5.02 Å². The lowest BCUT2D eigenvalue weighted by Crippen LogP contribution is -2.16. The maximum Gasteiger partial charge on any atom is 0.262 e. The number of aromatic nitrogens is 3. The highest BCUT2D eigenvalue weighted by molar-refractivity contribution is 6.30. The molecular weight excluding hydrogens is 538 g/mol. The van der Waals surface area contributed by atoms with Gasteiger partial charge in [0.25, 0.3) is 5.91 Å². The minimum absolute atomic E-state index is 0.0671. The van der Waals surface area contributed by atoms with E-state index in [0.29, 0.717) is 39.2 Å². The number of H-pyrrole nitrogens is 1. The first kappa shape index (κ1) is 26.2. The van der Waals surface area contributed by atoms with Crippen LogP contribution in [0, 0.1) is 6.92 Å². The van der Waals surface area contributed by atoms with Crippen LogP contribution in [0.5, 0.6) is 5.75 Å². The molecule has 9 heteroatoms. The van der Waals surface area contributed by atoms with Crippen LogP contribution in [0.1, 0.15) is 21.6 Å². The van der Waals surface area contributed by atoms with Crippen LogP contribution in [-0.4, -0.2) is 33.5 Å². The first-order chi connectivity index (χ1) is 19.9. The van der Waals surface area contributed by atoms with E-state index in [2.05, 4.69) is 20.6 Å². The van der Waals surface area contributed by atoms with Gasteiger partial charge >= 0.3 is 0 Å². The number of nitrogens with one attached hydrogen (secondary N) is 3. The first-order valence-corrected chi connectivity index (χ1v) is 13.4. The maximum absolute atomic E-state index is 13.6. The number of fused-ring (bicyclic) bond motifs is 2. The number of methoxy groups -OCH3 is 1. The van der Waals surface area contributed by atoms with E-state index >= 15 is 0 Å². The number of halogens is 1. The van der Waals surface area contributed by atoms with E-state index < -0.39 is 0 Å². The van der Waals surface area contributed by atoms with Crippen LogP contribution in [-0.2, 0) is 11.2 Å². The van der Waals surface area contributed by atoms with Crippen LogP contribution in [0.3, 0.4) is 0 Å². The van der Waals surface area contributed by atoms with E-state index in [1.54, 1.807) is 42.0 Å². The maximum atomic E-state index is 13.6. The Morgan fingerprint density at radius 2 is 1.73 bits per heavy atom. The number of carbonyl (C=O) groups excluding carboxylic acids is 2. The van der Waals surface area contributed by atoms with Crippen molar-refractivity contribution in [3.63, 3.8) is 0 Å². The van der Waals surface area contributed by atoms with E-state index in [9.17, 15) is 9.59 Å². The molecule has 41 heavy (non-hydrogen) atoms. The number of hydrogen-bond acceptors (Lipinski definition) is 5. The Hall–Kier alpha value is -5.08. The lowest BCUT2D eigenvalue weighted by atomic mass is 10.1. The molecule has 4 aromatic carbocycles. The number of rotatable bonds is 7. The third-order valence-electron chi connectivity index (χ3n) is 6.97. The number of ether oxygens (including phenoxy) is 1. The van der Waals surface area contributed by atoms with Gasteiger partial charge in [0.15, 0.2) is 0 Å². The molecule has 0 spiro atoms. The largest absolute Gasteiger partial charge is 0.497 e. The lowest BCUT2D eigenvalue weighted by molar-refractivity contribution is -0.115. The van der Waals surface area contributed by atoms with Crippen LogP contribution < -0.4 is 15.4 Å². The predicted molar refractivity (Wildman–Crippen MR) is 163 cm³/mol. The molecule has 6 aromatic rings. The molecule has 0 atom stereocenters. The predicted octanol–water partition coefficient (Wildman–Crippen LogP) is 7.10. The topological polar surface area (TPSA) is 101 Å². The van der Waals surface area contributed by atoms with Crippen molar-refractivity contribution >= 4 is 62.7 Å². The number of para-hydroxylation sites is 2. The zero-order valence-corrected chi connectivity index (χ0v) is 23.1. The van der Waals surface area contributed by atoms with Gasteiger partial charge < -0.3 is 20.4 Å². The number of amides is 1. The molecule has 0 aliphatic rings. The summed E-state index contributed by atoms with van der Waals surface area (Å²) < 4.78 is 7.08. The van der Waals surface area contributed by atoms with Gasteiger partial charge in [-0.05, 0) is 85.3 Å². The zero-order valence-electron chi connectivity index (χ0n) is 22.4. The van der Waals surface area contributed by atoms with Gasteiger partial charge in [-0.2, -0.15) is 0 Å². The van der Waals surface area contributed by atoms with Crippen molar-refractivity contribution in [1.29, 1.82) is 0 Å². The minimum Gasteiger partial charge on any atom is -0.497 e. The second-order valence-corrected chi connectivity index (χ2v) is 10.1. The Kier molecular flexibility index (Phi) is 6.91. The van der Waals surface area contributed by atoms with Crippen LogP contribution >= 0.6 is 11.6 Å². The van der Waals surface area contributed by atoms with Gasteiger partial charge in [0, 0.05) is 33.0 Å². The SMILES string of the molecule is COc1ccc2c(c1)c(CC(=O)Nc1cccc(Nc3nc4ccccc4[nH]3)c1)c(C)n2C(=O)c1ccc(Cl)cc1. The standard InChI is InChI=1S/C32H26ClN5O3/c1-19-25(26-17-24(41-2)14-15-29(26)38(19)31(40)20-10-12-21(33)13-11-20)18-30(39)34-22-6-5-7-23(16-22)35-32-36-27-8-3-4-9-28(27)37-32/h3-17H,18H2,1-2H3,(H,34,39)(H2,35,36,37). The third kappa shape index (κ3) is 5.25. The summed E-state index contributed by atoms with van der Waals surface area (Å²) in [7, 11) is 1.59. The number of imidazole rings is 1. The molecule has 0 fully saturated rings. The summed E-state index contributed by atoms with van der Waals surface area (Å²) in [4.78, 5) is 34.7. The number of benzene rings is 4. The summed E-state index contributed by atoms with van der Waals surface area (Å²) in [6, 6.07) is 27.4. The molecule has 1 amide bonds. The van der Waals surface area contributed by atoms with Crippen molar-refractivity contribution < 1.29 is 14.3 Å². The molecule has 0 saturated heterocycles. The van der Waals surface area contributed by atoms with E-state index in [-0.39, 0.29) is 18.2 Å². The van der Waals surface area contributed by atoms with Crippen molar-refractivity contribution in [2.75, 3.05) is 17.7 Å².